The third kappa shape index (κ3) is 5.03. The number of rotatable bonds is 5. The number of carboxylic acid groups (broad SMARTS) is 1. The predicted molar refractivity (Wildman–Crippen MR) is 74.7 cm³/mol. The van der Waals surface area contributed by atoms with Crippen LogP contribution in [-0.4, -0.2) is 56.0 Å². The van der Waals surface area contributed by atoms with Gasteiger partial charge in [0.1, 0.15) is 21.2 Å². The second-order valence-corrected chi connectivity index (χ2v) is 6.71. The summed E-state index contributed by atoms with van der Waals surface area (Å²) in [5.74, 6) is -2.72. The molecule has 0 heterocycles. The molecule has 116 valence electrons. The molecular weight excluding hydrogens is 303 g/mol. The van der Waals surface area contributed by atoms with Gasteiger partial charge in [0.25, 0.3) is 0 Å². The molecule has 1 rings (SSSR count). The molecule has 0 aliphatic heterocycles. The Morgan fingerprint density at radius 3 is 2.52 bits per heavy atom. The van der Waals surface area contributed by atoms with Gasteiger partial charge < -0.3 is 15.3 Å². The van der Waals surface area contributed by atoms with Crippen LogP contribution in [0.2, 0.25) is 0 Å². The minimum atomic E-state index is -3.23. The lowest BCUT2D eigenvalue weighted by molar-refractivity contribution is 0.0693. The van der Waals surface area contributed by atoms with Crippen LogP contribution in [0, 0.1) is 5.82 Å². The summed E-state index contributed by atoms with van der Waals surface area (Å²) >= 11 is 0. The molecule has 0 saturated carbocycles. The molecule has 0 bridgehead atoms. The molecule has 7 nitrogen and oxygen atoms in total. The van der Waals surface area contributed by atoms with Crippen molar-refractivity contribution in [2.75, 3.05) is 30.9 Å². The van der Waals surface area contributed by atoms with Crippen LogP contribution < -0.4 is 5.32 Å². The Bertz CT molecular complexity index is 660. The van der Waals surface area contributed by atoms with Crippen LogP contribution in [0.5, 0.6) is 0 Å². The molecule has 1 aromatic carbocycles. The maximum Gasteiger partial charge on any atom is 0.340 e. The van der Waals surface area contributed by atoms with Gasteiger partial charge in [-0.25, -0.2) is 22.4 Å². The van der Waals surface area contributed by atoms with E-state index in [1.165, 1.54) is 19.2 Å². The van der Waals surface area contributed by atoms with Crippen molar-refractivity contribution in [1.29, 1.82) is 0 Å². The fourth-order valence-electron chi connectivity index (χ4n) is 1.46. The Morgan fingerprint density at radius 1 is 1.38 bits per heavy atom. The van der Waals surface area contributed by atoms with Crippen molar-refractivity contribution in [1.82, 2.24) is 4.90 Å². The zero-order valence-corrected chi connectivity index (χ0v) is 12.3. The summed E-state index contributed by atoms with van der Waals surface area (Å²) < 4.78 is 35.5. The molecule has 9 heteroatoms. The molecular formula is C12H15FN2O5S. The maximum absolute atomic E-state index is 13.4. The average Bonchev–Trinajstić information content (AvgIpc) is 2.34. The van der Waals surface area contributed by atoms with Gasteiger partial charge in [-0.1, -0.05) is 6.07 Å². The molecule has 0 atom stereocenters. The van der Waals surface area contributed by atoms with Crippen LogP contribution in [0.25, 0.3) is 0 Å². The summed E-state index contributed by atoms with van der Waals surface area (Å²) in [6.07, 6.45) is 1.04. The van der Waals surface area contributed by atoms with E-state index in [1.54, 1.807) is 0 Å². The van der Waals surface area contributed by atoms with Gasteiger partial charge in [-0.15, -0.1) is 0 Å². The molecule has 0 aliphatic carbocycles. The Labute approximate surface area is 121 Å². The number of anilines is 1. The number of amides is 2. The first-order valence-electron chi connectivity index (χ1n) is 5.83. The third-order valence-corrected chi connectivity index (χ3v) is 3.54. The number of nitrogens with one attached hydrogen (secondary N) is 1. The number of carbonyl (C=O) groups excluding carboxylic acids is 1. The van der Waals surface area contributed by atoms with Crippen LogP contribution in [0.15, 0.2) is 18.2 Å². The third-order valence-electron chi connectivity index (χ3n) is 2.61. The summed E-state index contributed by atoms with van der Waals surface area (Å²) in [7, 11) is -1.88. The molecule has 0 unspecified atom stereocenters. The molecule has 2 N–H and O–H groups in total. The lowest BCUT2D eigenvalue weighted by Gasteiger charge is -2.18. The highest BCUT2D eigenvalue weighted by Crippen LogP contribution is 2.19. The smallest absolute Gasteiger partial charge is 0.340 e. The second-order valence-electron chi connectivity index (χ2n) is 4.45. The number of nitrogens with zero attached hydrogens (tertiary/aromatic N) is 1. The number of hydrogen-bond donors (Lipinski definition) is 2. The Kier molecular flexibility index (Phi) is 5.25. The molecule has 0 fully saturated rings. The van der Waals surface area contributed by atoms with Gasteiger partial charge >= 0.3 is 12.0 Å². The van der Waals surface area contributed by atoms with Crippen LogP contribution in [-0.2, 0) is 9.84 Å². The van der Waals surface area contributed by atoms with Gasteiger partial charge in [-0.2, -0.15) is 0 Å². The molecule has 1 aromatic rings. The fraction of sp³-hybridized carbons (Fsp3) is 0.333. The standard InChI is InChI=1S/C12H15FN2O5S/c1-15(6-7-21(2,19)20)12(18)14-9-5-3-4-8(13)10(9)11(16)17/h3-5H,6-7H2,1-2H3,(H,14,18)(H,16,17). The van der Waals surface area contributed by atoms with Gasteiger partial charge in [-0.05, 0) is 12.1 Å². The van der Waals surface area contributed by atoms with E-state index in [1.807, 2.05) is 0 Å². The molecule has 0 aliphatic rings. The zero-order valence-electron chi connectivity index (χ0n) is 11.5. The first kappa shape index (κ1) is 16.9. The number of benzene rings is 1. The van der Waals surface area contributed by atoms with Gasteiger partial charge in [0, 0.05) is 19.8 Å². The number of aromatic carboxylic acids is 1. The van der Waals surface area contributed by atoms with E-state index in [9.17, 15) is 22.4 Å². The molecule has 0 radical (unpaired) electrons. The normalized spacial score (nSPS) is 11.0. The van der Waals surface area contributed by atoms with E-state index in [2.05, 4.69) is 5.32 Å². The number of carbonyl (C=O) groups is 2. The van der Waals surface area contributed by atoms with E-state index < -0.39 is 33.2 Å². The number of carboxylic acids is 1. The molecule has 21 heavy (non-hydrogen) atoms. The Morgan fingerprint density at radius 2 is 2.00 bits per heavy atom. The first-order valence-corrected chi connectivity index (χ1v) is 7.89. The molecule has 0 aromatic heterocycles. The molecule has 0 saturated heterocycles. The quantitative estimate of drug-likeness (QED) is 0.844. The predicted octanol–water partition coefficient (Wildman–Crippen LogP) is 1.03. The van der Waals surface area contributed by atoms with Crippen molar-refractivity contribution >= 4 is 27.5 Å². The van der Waals surface area contributed by atoms with Crippen molar-refractivity contribution in [2.24, 2.45) is 0 Å². The van der Waals surface area contributed by atoms with Gasteiger partial charge in [0.05, 0.1) is 11.4 Å². The SMILES string of the molecule is CN(CCS(C)(=O)=O)C(=O)Nc1cccc(F)c1C(=O)O. The van der Waals surface area contributed by atoms with Gasteiger partial charge in [0.15, 0.2) is 0 Å². The van der Waals surface area contributed by atoms with E-state index in [-0.39, 0.29) is 18.0 Å². The van der Waals surface area contributed by atoms with Crippen molar-refractivity contribution < 1.29 is 27.5 Å². The topological polar surface area (TPSA) is 104 Å². The number of urea groups is 1. The number of hydrogen-bond acceptors (Lipinski definition) is 4. The van der Waals surface area contributed by atoms with Crippen molar-refractivity contribution in [2.45, 2.75) is 0 Å². The minimum Gasteiger partial charge on any atom is -0.478 e. The van der Waals surface area contributed by atoms with Crippen LogP contribution >= 0.6 is 0 Å². The maximum atomic E-state index is 13.4. The minimum absolute atomic E-state index is 0.0671. The van der Waals surface area contributed by atoms with E-state index >= 15 is 0 Å². The Balaban J connectivity index is 2.84. The summed E-state index contributed by atoms with van der Waals surface area (Å²) in [5.41, 5.74) is -0.846. The van der Waals surface area contributed by atoms with Crippen molar-refractivity contribution in [3.63, 3.8) is 0 Å². The molecule has 2 amide bonds. The first-order chi connectivity index (χ1) is 9.61. The largest absolute Gasteiger partial charge is 0.478 e. The highest BCUT2D eigenvalue weighted by atomic mass is 32.2. The lowest BCUT2D eigenvalue weighted by atomic mass is 10.1. The fourth-order valence-corrected chi connectivity index (χ4v) is 2.07. The van der Waals surface area contributed by atoms with E-state index in [0.717, 1.165) is 17.2 Å². The number of sulfone groups is 1. The highest BCUT2D eigenvalue weighted by Gasteiger charge is 2.19. The van der Waals surface area contributed by atoms with E-state index in [0.29, 0.717) is 0 Å². The van der Waals surface area contributed by atoms with E-state index in [4.69, 9.17) is 5.11 Å². The molecule has 0 spiro atoms. The summed E-state index contributed by atoms with van der Waals surface area (Å²) in [5, 5.41) is 11.2. The lowest BCUT2D eigenvalue weighted by Crippen LogP contribution is -2.35. The van der Waals surface area contributed by atoms with Crippen LogP contribution in [0.3, 0.4) is 0 Å². The van der Waals surface area contributed by atoms with Gasteiger partial charge in [0.2, 0.25) is 0 Å². The Hall–Kier alpha value is -2.16. The van der Waals surface area contributed by atoms with Crippen LogP contribution in [0.4, 0.5) is 14.9 Å². The number of halogens is 1. The summed E-state index contributed by atoms with van der Waals surface area (Å²) in [6, 6.07) is 2.74. The summed E-state index contributed by atoms with van der Waals surface area (Å²) in [4.78, 5) is 23.9. The van der Waals surface area contributed by atoms with Gasteiger partial charge in [-0.3, -0.25) is 0 Å². The monoisotopic (exact) mass is 318 g/mol. The van der Waals surface area contributed by atoms with Crippen molar-refractivity contribution in [3.8, 4) is 0 Å². The summed E-state index contributed by atoms with van der Waals surface area (Å²) in [6.45, 7) is -0.0671. The average molecular weight is 318 g/mol. The van der Waals surface area contributed by atoms with Crippen molar-refractivity contribution in [3.05, 3.63) is 29.6 Å². The second kappa shape index (κ2) is 6.53. The zero-order chi connectivity index (χ0) is 16.2. The van der Waals surface area contributed by atoms with Crippen LogP contribution in [0.1, 0.15) is 10.4 Å². The highest BCUT2D eigenvalue weighted by molar-refractivity contribution is 7.90.